The number of rotatable bonds is 3. The summed E-state index contributed by atoms with van der Waals surface area (Å²) in [5.74, 6) is 0. The van der Waals surface area contributed by atoms with E-state index in [1.54, 1.807) is 0 Å². The van der Waals surface area contributed by atoms with E-state index < -0.39 is 0 Å². The van der Waals surface area contributed by atoms with Crippen molar-refractivity contribution in [1.82, 2.24) is 0 Å². The predicted molar refractivity (Wildman–Crippen MR) is 65.2 cm³/mol. The molecule has 2 heteroatoms. The zero-order valence-corrected chi connectivity index (χ0v) is 10.3. The SMILES string of the molecule is BrC(Br)=C/C=C/Cc1ccccc1. The smallest absolute Gasteiger partial charge is 0.0603 e. The summed E-state index contributed by atoms with van der Waals surface area (Å²) < 4.78 is 0.962. The fraction of sp³-hybridized carbons (Fsp3) is 0.0909. The van der Waals surface area contributed by atoms with E-state index in [9.17, 15) is 0 Å². The molecule has 0 aromatic heterocycles. The van der Waals surface area contributed by atoms with Gasteiger partial charge in [0.1, 0.15) is 0 Å². The lowest BCUT2D eigenvalue weighted by Crippen LogP contribution is -1.77. The summed E-state index contributed by atoms with van der Waals surface area (Å²) in [7, 11) is 0. The molecule has 1 aromatic rings. The number of benzene rings is 1. The lowest BCUT2D eigenvalue weighted by atomic mass is 10.1. The molecule has 0 radical (unpaired) electrons. The third-order valence-electron chi connectivity index (χ3n) is 1.55. The van der Waals surface area contributed by atoms with E-state index in [1.165, 1.54) is 5.56 Å². The lowest BCUT2D eigenvalue weighted by Gasteiger charge is -1.92. The van der Waals surface area contributed by atoms with Gasteiger partial charge in [-0.2, -0.15) is 0 Å². The average molecular weight is 302 g/mol. The van der Waals surface area contributed by atoms with Gasteiger partial charge in [0.05, 0.1) is 3.39 Å². The molecule has 0 fully saturated rings. The Morgan fingerprint density at radius 2 is 1.85 bits per heavy atom. The van der Waals surface area contributed by atoms with Crippen LogP contribution in [0.5, 0.6) is 0 Å². The molecular weight excluding hydrogens is 292 g/mol. The van der Waals surface area contributed by atoms with Gasteiger partial charge in [-0.1, -0.05) is 42.5 Å². The minimum absolute atomic E-state index is 0.962. The van der Waals surface area contributed by atoms with Gasteiger partial charge >= 0.3 is 0 Å². The maximum absolute atomic E-state index is 3.29. The van der Waals surface area contributed by atoms with Crippen LogP contribution < -0.4 is 0 Å². The molecule has 0 nitrogen and oxygen atoms in total. The maximum atomic E-state index is 3.29. The Bertz CT molecular complexity index is 295. The molecule has 0 bridgehead atoms. The second-order valence-corrected chi connectivity index (χ2v) is 5.35. The van der Waals surface area contributed by atoms with Gasteiger partial charge in [-0.3, -0.25) is 0 Å². The first-order valence-corrected chi connectivity index (χ1v) is 5.59. The van der Waals surface area contributed by atoms with Gasteiger partial charge in [-0.05, 0) is 49.9 Å². The Morgan fingerprint density at radius 3 is 2.46 bits per heavy atom. The largest absolute Gasteiger partial charge is 0.0801 e. The second-order valence-electron chi connectivity index (χ2n) is 2.57. The fourth-order valence-corrected chi connectivity index (χ4v) is 1.26. The van der Waals surface area contributed by atoms with Gasteiger partial charge in [0.2, 0.25) is 0 Å². The fourth-order valence-electron chi connectivity index (χ4n) is 0.959. The van der Waals surface area contributed by atoms with Crippen LogP contribution in [0.3, 0.4) is 0 Å². The molecule has 0 N–H and O–H groups in total. The van der Waals surface area contributed by atoms with E-state index in [0.717, 1.165) is 9.81 Å². The van der Waals surface area contributed by atoms with Crippen molar-refractivity contribution in [3.05, 3.63) is 57.5 Å². The highest BCUT2D eigenvalue weighted by Crippen LogP contribution is 2.12. The molecule has 0 spiro atoms. The Balaban J connectivity index is 2.44. The van der Waals surface area contributed by atoms with E-state index >= 15 is 0 Å². The van der Waals surface area contributed by atoms with Crippen molar-refractivity contribution in [3.8, 4) is 0 Å². The van der Waals surface area contributed by atoms with Gasteiger partial charge in [0, 0.05) is 0 Å². The summed E-state index contributed by atoms with van der Waals surface area (Å²) in [6.07, 6.45) is 7.08. The molecular formula is C11H10Br2. The lowest BCUT2D eigenvalue weighted by molar-refractivity contribution is 1.27. The second kappa shape index (κ2) is 6.17. The summed E-state index contributed by atoms with van der Waals surface area (Å²) in [6, 6.07) is 10.4. The predicted octanol–water partition coefficient (Wildman–Crippen LogP) is 4.42. The molecule has 0 aliphatic rings. The van der Waals surface area contributed by atoms with E-state index in [2.05, 4.69) is 62.2 Å². The first-order valence-electron chi connectivity index (χ1n) is 4.01. The molecule has 0 aliphatic carbocycles. The van der Waals surface area contributed by atoms with Crippen LogP contribution in [0, 0.1) is 0 Å². The molecule has 0 unspecified atom stereocenters. The third kappa shape index (κ3) is 5.06. The van der Waals surface area contributed by atoms with Crippen molar-refractivity contribution in [2.45, 2.75) is 6.42 Å². The summed E-state index contributed by atoms with van der Waals surface area (Å²) in [5, 5.41) is 0. The van der Waals surface area contributed by atoms with Crippen molar-refractivity contribution in [2.75, 3.05) is 0 Å². The van der Waals surface area contributed by atoms with Gasteiger partial charge in [-0.25, -0.2) is 0 Å². The van der Waals surface area contributed by atoms with Crippen molar-refractivity contribution >= 4 is 31.9 Å². The summed E-state index contributed by atoms with van der Waals surface area (Å²) >= 11 is 6.57. The Morgan fingerprint density at radius 1 is 1.15 bits per heavy atom. The molecule has 68 valence electrons. The molecule has 0 heterocycles. The Labute approximate surface area is 95.6 Å². The monoisotopic (exact) mass is 300 g/mol. The van der Waals surface area contributed by atoms with Crippen molar-refractivity contribution in [1.29, 1.82) is 0 Å². The number of halogens is 2. The molecule has 0 amide bonds. The highest BCUT2D eigenvalue weighted by Gasteiger charge is 1.84. The van der Waals surface area contributed by atoms with E-state index in [0.29, 0.717) is 0 Å². The van der Waals surface area contributed by atoms with Gasteiger partial charge in [0.25, 0.3) is 0 Å². The summed E-state index contributed by atoms with van der Waals surface area (Å²) in [5.41, 5.74) is 1.33. The van der Waals surface area contributed by atoms with E-state index in [1.807, 2.05) is 18.2 Å². The minimum atomic E-state index is 0.962. The Hall–Kier alpha value is -0.340. The highest BCUT2D eigenvalue weighted by atomic mass is 79.9. The zero-order valence-electron chi connectivity index (χ0n) is 7.08. The first kappa shape index (κ1) is 10.7. The van der Waals surface area contributed by atoms with Crippen LogP contribution in [0.1, 0.15) is 5.56 Å². The normalized spacial score (nSPS) is 10.3. The molecule has 0 saturated heterocycles. The maximum Gasteiger partial charge on any atom is 0.0603 e. The van der Waals surface area contributed by atoms with E-state index in [-0.39, 0.29) is 0 Å². The molecule has 1 aromatic carbocycles. The molecule has 1 rings (SSSR count). The topological polar surface area (TPSA) is 0 Å². The average Bonchev–Trinajstić information content (AvgIpc) is 2.14. The van der Waals surface area contributed by atoms with Crippen LogP contribution in [0.2, 0.25) is 0 Å². The van der Waals surface area contributed by atoms with Gasteiger partial charge in [-0.15, -0.1) is 0 Å². The standard InChI is InChI=1S/C11H10Br2/c12-11(13)9-5-4-8-10-6-2-1-3-7-10/h1-7,9H,8H2/b5-4+. The summed E-state index contributed by atoms with van der Waals surface area (Å²) in [4.78, 5) is 0. The third-order valence-corrected chi connectivity index (χ3v) is 2.08. The van der Waals surface area contributed by atoms with E-state index in [4.69, 9.17) is 0 Å². The van der Waals surface area contributed by atoms with Crippen molar-refractivity contribution in [3.63, 3.8) is 0 Å². The number of hydrogen-bond acceptors (Lipinski definition) is 0. The van der Waals surface area contributed by atoms with Crippen LogP contribution in [0.25, 0.3) is 0 Å². The van der Waals surface area contributed by atoms with Crippen molar-refractivity contribution in [2.24, 2.45) is 0 Å². The van der Waals surface area contributed by atoms with Crippen LogP contribution in [-0.2, 0) is 6.42 Å². The van der Waals surface area contributed by atoms with Crippen molar-refractivity contribution < 1.29 is 0 Å². The van der Waals surface area contributed by atoms with Crippen LogP contribution in [0.15, 0.2) is 52.0 Å². The molecule has 13 heavy (non-hydrogen) atoms. The van der Waals surface area contributed by atoms with Gasteiger partial charge < -0.3 is 0 Å². The first-order chi connectivity index (χ1) is 6.29. The van der Waals surface area contributed by atoms with Crippen LogP contribution in [-0.4, -0.2) is 0 Å². The Kier molecular flexibility index (Phi) is 5.09. The zero-order chi connectivity index (χ0) is 9.52. The highest BCUT2D eigenvalue weighted by molar-refractivity contribution is 9.28. The quantitative estimate of drug-likeness (QED) is 0.725. The van der Waals surface area contributed by atoms with Gasteiger partial charge in [0.15, 0.2) is 0 Å². The molecule has 0 saturated carbocycles. The molecule has 0 aliphatic heterocycles. The number of allylic oxidation sites excluding steroid dienone is 3. The summed E-state index contributed by atoms with van der Waals surface area (Å²) in [6.45, 7) is 0. The van der Waals surface area contributed by atoms with Crippen LogP contribution in [0.4, 0.5) is 0 Å². The minimum Gasteiger partial charge on any atom is -0.0801 e. The van der Waals surface area contributed by atoms with Crippen LogP contribution >= 0.6 is 31.9 Å². The molecule has 0 atom stereocenters. The number of hydrogen-bond donors (Lipinski definition) is 0.